The Labute approximate surface area is 186 Å². The van der Waals surface area contributed by atoms with E-state index in [1.807, 2.05) is 20.8 Å². The largest absolute Gasteiger partial charge is 0.508 e. The van der Waals surface area contributed by atoms with E-state index in [2.05, 4.69) is 12.7 Å². The van der Waals surface area contributed by atoms with Gasteiger partial charge in [0.25, 0.3) is 0 Å². The molecule has 0 aromatic heterocycles. The molecule has 0 bridgehead atoms. The fraction of sp³-hybridized carbons (Fsp3) is 0.320. The van der Waals surface area contributed by atoms with E-state index in [9.17, 15) is 30.3 Å². The normalized spacial score (nSPS) is 16.1. The predicted molar refractivity (Wildman–Crippen MR) is 120 cm³/mol. The lowest BCUT2D eigenvalue weighted by atomic mass is 9.86. The molecular formula is C25H28O7. The number of carbonyl (C=O) groups is 1. The summed E-state index contributed by atoms with van der Waals surface area (Å²) in [6.45, 7) is 9.86. The monoisotopic (exact) mass is 440 g/mol. The van der Waals surface area contributed by atoms with Crippen molar-refractivity contribution in [3.63, 3.8) is 0 Å². The number of Topliss-reactive ketones (excluding diaryl/α,β-unsaturated/α-hetero) is 1. The van der Waals surface area contributed by atoms with Crippen LogP contribution in [0.3, 0.4) is 0 Å². The second-order valence-corrected chi connectivity index (χ2v) is 8.49. The number of hydrogen-bond donors (Lipinski definition) is 5. The molecule has 2 aromatic rings. The van der Waals surface area contributed by atoms with Gasteiger partial charge < -0.3 is 30.3 Å². The fourth-order valence-corrected chi connectivity index (χ4v) is 3.88. The summed E-state index contributed by atoms with van der Waals surface area (Å²) in [6.07, 6.45) is 1.72. The number of aromatic hydroxyl groups is 5. The molecule has 0 saturated carbocycles. The van der Waals surface area contributed by atoms with E-state index < -0.39 is 23.4 Å². The molecule has 2 unspecified atom stereocenters. The topological polar surface area (TPSA) is 127 Å². The Kier molecular flexibility index (Phi) is 6.39. The van der Waals surface area contributed by atoms with Crippen LogP contribution in [0.15, 0.2) is 42.0 Å². The lowest BCUT2D eigenvalue weighted by molar-refractivity contribution is 0.0838. The maximum absolute atomic E-state index is 12.9. The van der Waals surface area contributed by atoms with Crippen molar-refractivity contribution in [2.75, 3.05) is 0 Å². The van der Waals surface area contributed by atoms with Gasteiger partial charge in [0.1, 0.15) is 46.2 Å². The van der Waals surface area contributed by atoms with Crippen molar-refractivity contribution < 1.29 is 35.1 Å². The van der Waals surface area contributed by atoms with Crippen molar-refractivity contribution in [1.29, 1.82) is 0 Å². The molecule has 0 saturated heterocycles. The Hall–Kier alpha value is -3.61. The van der Waals surface area contributed by atoms with Crippen LogP contribution in [0, 0.1) is 5.92 Å². The summed E-state index contributed by atoms with van der Waals surface area (Å²) in [5.41, 5.74) is 2.17. The highest BCUT2D eigenvalue weighted by Gasteiger charge is 2.35. The fourth-order valence-electron chi connectivity index (χ4n) is 3.88. The first-order valence-corrected chi connectivity index (χ1v) is 10.3. The molecule has 0 amide bonds. The molecule has 3 rings (SSSR count). The number of hydrogen-bond acceptors (Lipinski definition) is 7. The van der Waals surface area contributed by atoms with Gasteiger partial charge in [0.2, 0.25) is 0 Å². The molecule has 7 nitrogen and oxygen atoms in total. The van der Waals surface area contributed by atoms with Crippen molar-refractivity contribution in [1.82, 2.24) is 0 Å². The van der Waals surface area contributed by atoms with Gasteiger partial charge in [-0.3, -0.25) is 4.79 Å². The Morgan fingerprint density at radius 2 is 1.72 bits per heavy atom. The van der Waals surface area contributed by atoms with E-state index in [1.54, 1.807) is 0 Å². The summed E-state index contributed by atoms with van der Waals surface area (Å²) >= 11 is 0. The summed E-state index contributed by atoms with van der Waals surface area (Å²) in [5, 5.41) is 51.2. The number of allylic oxidation sites excluding steroid dienone is 3. The first-order valence-electron chi connectivity index (χ1n) is 10.3. The zero-order valence-electron chi connectivity index (χ0n) is 18.3. The van der Waals surface area contributed by atoms with Crippen LogP contribution in [-0.2, 0) is 6.42 Å². The maximum atomic E-state index is 12.9. The molecule has 0 fully saturated rings. The number of ketones is 1. The first-order chi connectivity index (χ1) is 15.0. The molecule has 0 radical (unpaired) electrons. The van der Waals surface area contributed by atoms with Crippen molar-refractivity contribution in [2.24, 2.45) is 5.92 Å². The van der Waals surface area contributed by atoms with Gasteiger partial charge in [-0.1, -0.05) is 23.8 Å². The molecule has 1 aliphatic rings. The first kappa shape index (κ1) is 23.1. The number of benzene rings is 2. The van der Waals surface area contributed by atoms with Crippen molar-refractivity contribution in [3.05, 3.63) is 58.7 Å². The number of ether oxygens (including phenoxy) is 1. The molecule has 0 spiro atoms. The molecule has 2 aromatic carbocycles. The Balaban J connectivity index is 1.98. The van der Waals surface area contributed by atoms with Gasteiger partial charge in [-0.2, -0.15) is 0 Å². The highest BCUT2D eigenvalue weighted by molar-refractivity contribution is 6.03. The number of phenols is 5. The van der Waals surface area contributed by atoms with Crippen LogP contribution in [0.1, 0.15) is 61.2 Å². The van der Waals surface area contributed by atoms with Gasteiger partial charge in [0.05, 0.1) is 12.0 Å². The van der Waals surface area contributed by atoms with Crippen LogP contribution < -0.4 is 4.74 Å². The number of fused-ring (bicyclic) bond motifs is 1. The third kappa shape index (κ3) is 4.51. The highest BCUT2D eigenvalue weighted by Crippen LogP contribution is 2.48. The van der Waals surface area contributed by atoms with Gasteiger partial charge in [-0.15, -0.1) is 0 Å². The van der Waals surface area contributed by atoms with Crippen molar-refractivity contribution in [3.8, 4) is 34.5 Å². The average Bonchev–Trinajstić information content (AvgIpc) is 2.65. The Morgan fingerprint density at radius 1 is 1.09 bits per heavy atom. The van der Waals surface area contributed by atoms with E-state index in [4.69, 9.17) is 4.74 Å². The minimum Gasteiger partial charge on any atom is -0.508 e. The minimum absolute atomic E-state index is 0.0435. The van der Waals surface area contributed by atoms with Gasteiger partial charge in [0.15, 0.2) is 5.78 Å². The molecule has 32 heavy (non-hydrogen) atoms. The third-order valence-electron chi connectivity index (χ3n) is 5.67. The quantitative estimate of drug-likeness (QED) is 0.399. The molecule has 2 atom stereocenters. The standard InChI is InChI=1S/C25H28O7/c1-12(2)5-6-14(13(3)4)7-16-17(27)10-22-24(25(16)31)20(30)11-21(32-22)23-18(28)8-15(26)9-19(23)29/h5,8-10,14,21,26-29,31H,3,6-7,11H2,1-2,4H3. The molecule has 170 valence electrons. The zero-order chi connectivity index (χ0) is 23.7. The van der Waals surface area contributed by atoms with E-state index in [1.165, 1.54) is 6.07 Å². The van der Waals surface area contributed by atoms with Crippen LogP contribution in [-0.4, -0.2) is 31.3 Å². The number of carbonyl (C=O) groups excluding carboxylic acids is 1. The smallest absolute Gasteiger partial charge is 0.174 e. The molecular weight excluding hydrogens is 412 g/mol. The molecule has 0 aliphatic carbocycles. The summed E-state index contributed by atoms with van der Waals surface area (Å²) < 4.78 is 5.77. The second kappa shape index (κ2) is 8.86. The van der Waals surface area contributed by atoms with Crippen molar-refractivity contribution in [2.45, 2.75) is 46.1 Å². The lowest BCUT2D eigenvalue weighted by Crippen LogP contribution is -2.21. The van der Waals surface area contributed by atoms with Crippen LogP contribution in [0.25, 0.3) is 0 Å². The van der Waals surface area contributed by atoms with Crippen LogP contribution in [0.5, 0.6) is 34.5 Å². The molecule has 1 aliphatic heterocycles. The summed E-state index contributed by atoms with van der Waals surface area (Å²) in [4.78, 5) is 12.9. The van der Waals surface area contributed by atoms with Gasteiger partial charge >= 0.3 is 0 Å². The summed E-state index contributed by atoms with van der Waals surface area (Å²) in [6, 6.07) is 3.32. The molecule has 7 heteroatoms. The highest BCUT2D eigenvalue weighted by atomic mass is 16.5. The van der Waals surface area contributed by atoms with Crippen LogP contribution >= 0.6 is 0 Å². The lowest BCUT2D eigenvalue weighted by Gasteiger charge is -2.28. The summed E-state index contributed by atoms with van der Waals surface area (Å²) in [5.74, 6) is -2.33. The number of phenolic OH excluding ortho intramolecular Hbond substituents is 5. The Bertz CT molecular complexity index is 1090. The predicted octanol–water partition coefficient (Wildman–Crippen LogP) is 5.01. The Morgan fingerprint density at radius 3 is 2.28 bits per heavy atom. The molecule has 1 heterocycles. The van der Waals surface area contributed by atoms with Crippen molar-refractivity contribution >= 4 is 5.78 Å². The minimum atomic E-state index is -1.05. The number of rotatable bonds is 6. The van der Waals surface area contributed by atoms with Crippen LogP contribution in [0.2, 0.25) is 0 Å². The third-order valence-corrected chi connectivity index (χ3v) is 5.67. The SMILES string of the molecule is C=C(C)C(CC=C(C)C)Cc1c(O)cc2c(c1O)C(=O)CC(c1c(O)cc(O)cc1O)O2. The van der Waals surface area contributed by atoms with Crippen LogP contribution in [0.4, 0.5) is 0 Å². The maximum Gasteiger partial charge on any atom is 0.174 e. The van der Waals surface area contributed by atoms with Gasteiger partial charge in [-0.05, 0) is 39.5 Å². The van der Waals surface area contributed by atoms with E-state index >= 15 is 0 Å². The van der Waals surface area contributed by atoms with E-state index in [-0.39, 0.29) is 52.0 Å². The molecule has 5 N–H and O–H groups in total. The van der Waals surface area contributed by atoms with E-state index in [0.29, 0.717) is 12.8 Å². The van der Waals surface area contributed by atoms with E-state index in [0.717, 1.165) is 23.3 Å². The zero-order valence-corrected chi connectivity index (χ0v) is 18.3. The summed E-state index contributed by atoms with van der Waals surface area (Å²) in [7, 11) is 0. The van der Waals surface area contributed by atoms with Gasteiger partial charge in [0, 0.05) is 23.8 Å². The second-order valence-electron chi connectivity index (χ2n) is 8.49. The van der Waals surface area contributed by atoms with Gasteiger partial charge in [-0.25, -0.2) is 0 Å². The average molecular weight is 440 g/mol.